The van der Waals surface area contributed by atoms with Gasteiger partial charge < -0.3 is 10.1 Å². The van der Waals surface area contributed by atoms with E-state index in [1.165, 1.54) is 0 Å². The molecule has 2 heterocycles. The maximum atomic E-state index is 13.5. The molecule has 1 aromatic rings. The van der Waals surface area contributed by atoms with E-state index in [9.17, 15) is 9.59 Å². The molecule has 0 saturated heterocycles. The number of ether oxygens (including phenoxy) is 1. The van der Waals surface area contributed by atoms with Gasteiger partial charge in [-0.1, -0.05) is 6.92 Å². The molecular formula is C22H34N4O3. The van der Waals surface area contributed by atoms with E-state index >= 15 is 0 Å². The van der Waals surface area contributed by atoms with E-state index < -0.39 is 5.97 Å². The Labute approximate surface area is 173 Å². The number of nitrogens with zero attached hydrogens (tertiary/aromatic N) is 3. The van der Waals surface area contributed by atoms with Gasteiger partial charge in [-0.3, -0.25) is 9.69 Å². The minimum absolute atomic E-state index is 0.00751. The van der Waals surface area contributed by atoms with Gasteiger partial charge in [0.15, 0.2) is 5.82 Å². The first-order valence-electron chi connectivity index (χ1n) is 10.9. The highest BCUT2D eigenvalue weighted by Gasteiger charge is 2.34. The molecule has 1 aliphatic carbocycles. The van der Waals surface area contributed by atoms with E-state index in [0.29, 0.717) is 17.3 Å². The zero-order valence-corrected chi connectivity index (χ0v) is 18.1. The van der Waals surface area contributed by atoms with Crippen LogP contribution in [0.4, 0.5) is 5.82 Å². The standard InChI is InChI=1S/C22H34N4O3/c1-5-29-22(28)19-14-25(18-10-12-23-13-11-18)24-20(19)26(15(2)3)21(27)17-8-6-16(4)7-9-17/h10,14-17,23H,5-9,11-13H2,1-4H3/t16-,17-. The Morgan fingerprint density at radius 1 is 1.31 bits per heavy atom. The Kier molecular flexibility index (Phi) is 7.11. The molecule has 0 spiro atoms. The van der Waals surface area contributed by atoms with E-state index in [4.69, 9.17) is 9.84 Å². The van der Waals surface area contributed by atoms with E-state index in [1.54, 1.807) is 22.7 Å². The molecule has 0 bridgehead atoms. The number of amides is 1. The first kappa shape index (κ1) is 21.6. The molecule has 160 valence electrons. The summed E-state index contributed by atoms with van der Waals surface area (Å²) >= 11 is 0. The second kappa shape index (κ2) is 9.57. The van der Waals surface area contributed by atoms with Gasteiger partial charge >= 0.3 is 5.97 Å². The normalized spacial score (nSPS) is 22.3. The van der Waals surface area contributed by atoms with Crippen LogP contribution < -0.4 is 10.2 Å². The Balaban J connectivity index is 1.97. The third-order valence-electron chi connectivity index (χ3n) is 5.87. The van der Waals surface area contributed by atoms with Crippen molar-refractivity contribution in [2.24, 2.45) is 11.8 Å². The molecule has 3 rings (SSSR count). The van der Waals surface area contributed by atoms with Crippen molar-refractivity contribution in [1.29, 1.82) is 0 Å². The third-order valence-corrected chi connectivity index (χ3v) is 5.87. The lowest BCUT2D eigenvalue weighted by Crippen LogP contribution is -2.43. The molecule has 1 N–H and O–H groups in total. The molecule has 7 nitrogen and oxygen atoms in total. The highest BCUT2D eigenvalue weighted by molar-refractivity contribution is 6.02. The highest BCUT2D eigenvalue weighted by Crippen LogP contribution is 2.33. The fourth-order valence-electron chi connectivity index (χ4n) is 4.17. The highest BCUT2D eigenvalue weighted by atomic mass is 16.5. The lowest BCUT2D eigenvalue weighted by molar-refractivity contribution is -0.123. The monoisotopic (exact) mass is 402 g/mol. The Hall–Kier alpha value is -2.15. The van der Waals surface area contributed by atoms with Crippen LogP contribution >= 0.6 is 0 Å². The molecule has 1 aromatic heterocycles. The molecule has 0 aromatic carbocycles. The van der Waals surface area contributed by atoms with Crippen molar-refractivity contribution >= 4 is 23.4 Å². The first-order valence-corrected chi connectivity index (χ1v) is 10.9. The van der Waals surface area contributed by atoms with Gasteiger partial charge in [0.2, 0.25) is 5.91 Å². The van der Waals surface area contributed by atoms with Crippen molar-refractivity contribution in [3.63, 3.8) is 0 Å². The molecule has 1 saturated carbocycles. The van der Waals surface area contributed by atoms with Crippen LogP contribution in [0.25, 0.3) is 5.70 Å². The van der Waals surface area contributed by atoms with Gasteiger partial charge in [0.05, 0.1) is 6.61 Å². The third kappa shape index (κ3) is 4.89. The molecular weight excluding hydrogens is 368 g/mol. The average Bonchev–Trinajstić information content (AvgIpc) is 3.14. The summed E-state index contributed by atoms with van der Waals surface area (Å²) in [5.74, 6) is 0.724. The van der Waals surface area contributed by atoms with Gasteiger partial charge in [0, 0.05) is 43.4 Å². The van der Waals surface area contributed by atoms with E-state index in [-0.39, 0.29) is 24.5 Å². The summed E-state index contributed by atoms with van der Waals surface area (Å²) in [6.07, 6.45) is 8.54. The maximum absolute atomic E-state index is 13.5. The van der Waals surface area contributed by atoms with Crippen molar-refractivity contribution in [3.8, 4) is 0 Å². The maximum Gasteiger partial charge on any atom is 0.343 e. The fraction of sp³-hybridized carbons (Fsp3) is 0.682. The lowest BCUT2D eigenvalue weighted by atomic mass is 9.82. The molecule has 29 heavy (non-hydrogen) atoms. The molecule has 1 aliphatic heterocycles. The minimum atomic E-state index is -0.431. The summed E-state index contributed by atoms with van der Waals surface area (Å²) in [4.78, 5) is 27.9. The number of nitrogens with one attached hydrogen (secondary N) is 1. The first-order chi connectivity index (χ1) is 13.9. The second-order valence-electron chi connectivity index (χ2n) is 8.44. The predicted molar refractivity (Wildman–Crippen MR) is 114 cm³/mol. The summed E-state index contributed by atoms with van der Waals surface area (Å²) in [5, 5.41) is 8.00. The molecule has 0 unspecified atom stereocenters. The van der Waals surface area contributed by atoms with Gasteiger partial charge in [0.1, 0.15) is 5.56 Å². The number of hydrogen-bond donors (Lipinski definition) is 1. The van der Waals surface area contributed by atoms with Crippen LogP contribution in [0.3, 0.4) is 0 Å². The van der Waals surface area contributed by atoms with Crippen LogP contribution in [-0.4, -0.2) is 47.4 Å². The molecule has 2 aliphatic rings. The molecule has 0 atom stereocenters. The van der Waals surface area contributed by atoms with Gasteiger partial charge in [0.25, 0.3) is 0 Å². The number of hydrogen-bond acceptors (Lipinski definition) is 5. The quantitative estimate of drug-likeness (QED) is 0.738. The van der Waals surface area contributed by atoms with Crippen LogP contribution in [-0.2, 0) is 9.53 Å². The minimum Gasteiger partial charge on any atom is -0.462 e. The number of anilines is 1. The average molecular weight is 403 g/mol. The zero-order chi connectivity index (χ0) is 21.0. The van der Waals surface area contributed by atoms with Gasteiger partial charge in [-0.25, -0.2) is 9.48 Å². The largest absolute Gasteiger partial charge is 0.462 e. The topological polar surface area (TPSA) is 76.5 Å². The number of aromatic nitrogens is 2. The van der Waals surface area contributed by atoms with Crippen molar-refractivity contribution in [1.82, 2.24) is 15.1 Å². The Morgan fingerprint density at radius 3 is 2.62 bits per heavy atom. The Bertz CT molecular complexity index is 760. The van der Waals surface area contributed by atoms with Crippen molar-refractivity contribution in [2.45, 2.75) is 65.8 Å². The summed E-state index contributed by atoms with van der Waals surface area (Å²) in [7, 11) is 0. The van der Waals surface area contributed by atoms with Gasteiger partial charge in [-0.15, -0.1) is 5.10 Å². The van der Waals surface area contributed by atoms with E-state index in [1.807, 2.05) is 13.8 Å². The van der Waals surface area contributed by atoms with Gasteiger partial charge in [-0.2, -0.15) is 0 Å². The predicted octanol–water partition coefficient (Wildman–Crippen LogP) is 3.46. The van der Waals surface area contributed by atoms with Gasteiger partial charge in [-0.05, 0) is 58.4 Å². The number of rotatable bonds is 6. The van der Waals surface area contributed by atoms with Crippen LogP contribution in [0.1, 0.15) is 70.2 Å². The number of carbonyl (C=O) groups is 2. The zero-order valence-electron chi connectivity index (χ0n) is 18.1. The van der Waals surface area contributed by atoms with Crippen LogP contribution in [0.2, 0.25) is 0 Å². The summed E-state index contributed by atoms with van der Waals surface area (Å²) < 4.78 is 7.02. The summed E-state index contributed by atoms with van der Waals surface area (Å²) in [5.41, 5.74) is 1.39. The molecule has 7 heteroatoms. The van der Waals surface area contributed by atoms with E-state index in [0.717, 1.165) is 50.9 Å². The van der Waals surface area contributed by atoms with Crippen LogP contribution in [0.5, 0.6) is 0 Å². The summed E-state index contributed by atoms with van der Waals surface area (Å²) in [6.45, 7) is 9.89. The van der Waals surface area contributed by atoms with E-state index in [2.05, 4.69) is 18.3 Å². The fourth-order valence-corrected chi connectivity index (χ4v) is 4.17. The number of carbonyl (C=O) groups excluding carboxylic acids is 2. The molecule has 0 radical (unpaired) electrons. The SMILES string of the molecule is CCOC(=O)c1cn(C2=CCNCC2)nc1N(C(=O)[C@H]1CC[C@H](C)CC1)C(C)C. The van der Waals surface area contributed by atoms with Crippen LogP contribution in [0.15, 0.2) is 12.3 Å². The lowest BCUT2D eigenvalue weighted by Gasteiger charge is -2.32. The molecule has 1 amide bonds. The Morgan fingerprint density at radius 2 is 2.03 bits per heavy atom. The van der Waals surface area contributed by atoms with Crippen LogP contribution in [0, 0.1) is 11.8 Å². The van der Waals surface area contributed by atoms with Crippen molar-refractivity contribution in [3.05, 3.63) is 17.8 Å². The second-order valence-corrected chi connectivity index (χ2v) is 8.44. The summed E-state index contributed by atoms with van der Waals surface area (Å²) in [6, 6.07) is -0.0969. The van der Waals surface area contributed by atoms with Crippen molar-refractivity contribution in [2.75, 3.05) is 24.6 Å². The molecule has 1 fully saturated rings. The van der Waals surface area contributed by atoms with Crippen molar-refractivity contribution < 1.29 is 14.3 Å². The smallest absolute Gasteiger partial charge is 0.343 e. The number of esters is 1.